The zero-order valence-electron chi connectivity index (χ0n) is 8.96. The van der Waals surface area contributed by atoms with Gasteiger partial charge in [0.1, 0.15) is 0 Å². The smallest absolute Gasteiger partial charge is 0.0901 e. The van der Waals surface area contributed by atoms with Crippen molar-refractivity contribution >= 4 is 0 Å². The number of hydrogen-bond donors (Lipinski definition) is 0. The maximum absolute atomic E-state index is 5.23. The first-order chi connectivity index (χ1) is 6.24. The van der Waals surface area contributed by atoms with Crippen molar-refractivity contribution in [2.75, 3.05) is 6.61 Å². The molecule has 1 fully saturated rings. The molecule has 0 spiro atoms. The second-order valence-electron chi connectivity index (χ2n) is 4.52. The Hall–Kier alpha value is -0.460. The Labute approximate surface area is 82.2 Å². The van der Waals surface area contributed by atoms with Crippen LogP contribution in [-0.2, 0) is 4.74 Å². The fraction of sp³-hybridized carbons (Fsp3) is 0.833. The summed E-state index contributed by atoms with van der Waals surface area (Å²) in [5.41, 5.74) is 0. The van der Waals surface area contributed by atoms with E-state index in [0.717, 1.165) is 24.4 Å². The third kappa shape index (κ3) is 3.41. The lowest BCUT2D eigenvalue weighted by Crippen LogP contribution is -2.20. The third-order valence-electron chi connectivity index (χ3n) is 3.28. The van der Waals surface area contributed by atoms with Gasteiger partial charge in [-0.1, -0.05) is 20.4 Å². The molecular formula is C12H22O. The number of ether oxygens (including phenoxy) is 1. The van der Waals surface area contributed by atoms with E-state index in [0.29, 0.717) is 0 Å². The fourth-order valence-corrected chi connectivity index (χ4v) is 2.23. The summed E-state index contributed by atoms with van der Waals surface area (Å²) in [4.78, 5) is 0. The molecule has 0 unspecified atom stereocenters. The molecule has 0 aliphatic heterocycles. The first-order valence-electron chi connectivity index (χ1n) is 5.46. The van der Waals surface area contributed by atoms with Gasteiger partial charge in [0.15, 0.2) is 0 Å². The van der Waals surface area contributed by atoms with E-state index in [1.165, 1.54) is 25.7 Å². The Kier molecular flexibility index (Phi) is 4.34. The van der Waals surface area contributed by atoms with Gasteiger partial charge in [-0.2, -0.15) is 0 Å². The SMILES string of the molecule is C=COCC1CCC(C(C)C)CC1. The molecule has 1 rings (SSSR count). The maximum atomic E-state index is 5.23. The summed E-state index contributed by atoms with van der Waals surface area (Å²) in [5, 5.41) is 0. The first-order valence-corrected chi connectivity index (χ1v) is 5.46. The Morgan fingerprint density at radius 2 is 1.92 bits per heavy atom. The molecule has 1 nitrogen and oxygen atoms in total. The molecule has 0 bridgehead atoms. The Morgan fingerprint density at radius 1 is 1.31 bits per heavy atom. The summed E-state index contributed by atoms with van der Waals surface area (Å²) in [6, 6.07) is 0. The molecule has 0 atom stereocenters. The highest BCUT2D eigenvalue weighted by atomic mass is 16.5. The highest BCUT2D eigenvalue weighted by Gasteiger charge is 2.22. The van der Waals surface area contributed by atoms with Gasteiger partial charge in [-0.15, -0.1) is 0 Å². The van der Waals surface area contributed by atoms with E-state index >= 15 is 0 Å². The second-order valence-corrected chi connectivity index (χ2v) is 4.52. The van der Waals surface area contributed by atoms with Gasteiger partial charge in [0.05, 0.1) is 12.9 Å². The van der Waals surface area contributed by atoms with Crippen LogP contribution in [0.1, 0.15) is 39.5 Å². The molecule has 1 aliphatic rings. The molecule has 0 amide bonds. The summed E-state index contributed by atoms with van der Waals surface area (Å²) in [6.45, 7) is 9.13. The van der Waals surface area contributed by atoms with E-state index in [2.05, 4.69) is 20.4 Å². The van der Waals surface area contributed by atoms with Crippen LogP contribution in [0, 0.1) is 17.8 Å². The minimum absolute atomic E-state index is 0.785. The summed E-state index contributed by atoms with van der Waals surface area (Å²) < 4.78 is 5.23. The summed E-state index contributed by atoms with van der Waals surface area (Å²) in [5.74, 6) is 2.61. The molecule has 0 heterocycles. The van der Waals surface area contributed by atoms with Crippen molar-refractivity contribution in [1.29, 1.82) is 0 Å². The van der Waals surface area contributed by atoms with Crippen LogP contribution in [0.5, 0.6) is 0 Å². The summed E-state index contributed by atoms with van der Waals surface area (Å²) in [7, 11) is 0. The highest BCUT2D eigenvalue weighted by molar-refractivity contribution is 4.74. The van der Waals surface area contributed by atoms with Crippen LogP contribution in [0.25, 0.3) is 0 Å². The molecule has 1 heteroatoms. The zero-order valence-corrected chi connectivity index (χ0v) is 8.96. The van der Waals surface area contributed by atoms with Crippen molar-refractivity contribution in [3.8, 4) is 0 Å². The Morgan fingerprint density at radius 3 is 2.38 bits per heavy atom. The van der Waals surface area contributed by atoms with E-state index in [9.17, 15) is 0 Å². The Balaban J connectivity index is 2.18. The minimum atomic E-state index is 0.785. The van der Waals surface area contributed by atoms with Gasteiger partial charge >= 0.3 is 0 Å². The lowest BCUT2D eigenvalue weighted by Gasteiger charge is -2.30. The topological polar surface area (TPSA) is 9.23 Å². The predicted octanol–water partition coefficient (Wildman–Crippen LogP) is 3.61. The predicted molar refractivity (Wildman–Crippen MR) is 56.4 cm³/mol. The van der Waals surface area contributed by atoms with Crippen LogP contribution in [0.3, 0.4) is 0 Å². The normalized spacial score (nSPS) is 28.8. The van der Waals surface area contributed by atoms with Crippen molar-refractivity contribution in [2.24, 2.45) is 17.8 Å². The standard InChI is InChI=1S/C12H22O/c1-4-13-9-11-5-7-12(8-6-11)10(2)3/h4,10-12H,1,5-9H2,2-3H3. The van der Waals surface area contributed by atoms with Crippen molar-refractivity contribution in [3.63, 3.8) is 0 Å². The average Bonchev–Trinajstić information content (AvgIpc) is 2.15. The second kappa shape index (κ2) is 5.31. The summed E-state index contributed by atoms with van der Waals surface area (Å²) in [6.07, 6.45) is 7.04. The molecule has 1 aliphatic carbocycles. The van der Waals surface area contributed by atoms with Crippen LogP contribution in [-0.4, -0.2) is 6.61 Å². The van der Waals surface area contributed by atoms with Crippen LogP contribution in [0.2, 0.25) is 0 Å². The summed E-state index contributed by atoms with van der Waals surface area (Å²) >= 11 is 0. The number of rotatable bonds is 4. The van der Waals surface area contributed by atoms with Gasteiger partial charge in [0.25, 0.3) is 0 Å². The monoisotopic (exact) mass is 182 g/mol. The van der Waals surface area contributed by atoms with Crippen molar-refractivity contribution < 1.29 is 4.74 Å². The molecule has 0 saturated heterocycles. The van der Waals surface area contributed by atoms with E-state index in [4.69, 9.17) is 4.74 Å². The minimum Gasteiger partial charge on any atom is -0.502 e. The van der Waals surface area contributed by atoms with Crippen LogP contribution < -0.4 is 0 Å². The van der Waals surface area contributed by atoms with Crippen molar-refractivity contribution in [2.45, 2.75) is 39.5 Å². The lowest BCUT2D eigenvalue weighted by molar-refractivity contribution is 0.136. The fourth-order valence-electron chi connectivity index (χ4n) is 2.23. The maximum Gasteiger partial charge on any atom is 0.0901 e. The van der Waals surface area contributed by atoms with E-state index in [1.54, 1.807) is 6.26 Å². The van der Waals surface area contributed by atoms with Crippen molar-refractivity contribution in [1.82, 2.24) is 0 Å². The van der Waals surface area contributed by atoms with E-state index in [-0.39, 0.29) is 0 Å². The van der Waals surface area contributed by atoms with Gasteiger partial charge in [-0.25, -0.2) is 0 Å². The van der Waals surface area contributed by atoms with Gasteiger partial charge in [-0.3, -0.25) is 0 Å². The molecule has 0 radical (unpaired) electrons. The molecule has 0 aromatic carbocycles. The molecule has 0 N–H and O–H groups in total. The van der Waals surface area contributed by atoms with Gasteiger partial charge in [0.2, 0.25) is 0 Å². The largest absolute Gasteiger partial charge is 0.502 e. The first kappa shape index (κ1) is 10.6. The van der Waals surface area contributed by atoms with Gasteiger partial charge in [0, 0.05) is 0 Å². The Bertz CT molecular complexity index is 143. The van der Waals surface area contributed by atoms with Gasteiger partial charge in [-0.05, 0) is 43.4 Å². The highest BCUT2D eigenvalue weighted by Crippen LogP contribution is 2.33. The van der Waals surface area contributed by atoms with Gasteiger partial charge < -0.3 is 4.74 Å². The molecule has 1 saturated carbocycles. The number of hydrogen-bond acceptors (Lipinski definition) is 1. The third-order valence-corrected chi connectivity index (χ3v) is 3.28. The zero-order chi connectivity index (χ0) is 9.68. The molecular weight excluding hydrogens is 160 g/mol. The van der Waals surface area contributed by atoms with Crippen LogP contribution in [0.4, 0.5) is 0 Å². The van der Waals surface area contributed by atoms with E-state index < -0.39 is 0 Å². The molecule has 76 valence electrons. The van der Waals surface area contributed by atoms with E-state index in [1.807, 2.05) is 0 Å². The lowest BCUT2D eigenvalue weighted by atomic mass is 9.77. The van der Waals surface area contributed by atoms with Crippen LogP contribution >= 0.6 is 0 Å². The quantitative estimate of drug-likeness (QED) is 0.603. The molecule has 0 aromatic heterocycles. The molecule has 0 aromatic rings. The van der Waals surface area contributed by atoms with Crippen molar-refractivity contribution in [3.05, 3.63) is 12.8 Å². The van der Waals surface area contributed by atoms with Crippen LogP contribution in [0.15, 0.2) is 12.8 Å². The molecule has 13 heavy (non-hydrogen) atoms. The average molecular weight is 182 g/mol.